The van der Waals surface area contributed by atoms with Crippen molar-refractivity contribution in [2.45, 2.75) is 30.6 Å². The number of nitrogens with one attached hydrogen (secondary N) is 1. The molecule has 1 N–H and O–H groups in total. The number of amides is 1. The third-order valence-corrected chi connectivity index (χ3v) is 7.89. The molecule has 0 spiro atoms. The summed E-state index contributed by atoms with van der Waals surface area (Å²) in [6.07, 6.45) is 3.76. The molecule has 0 aromatic heterocycles. The van der Waals surface area contributed by atoms with Gasteiger partial charge in [-0.1, -0.05) is 43.2 Å². The Hall–Kier alpha value is -3.10. The molecule has 1 heterocycles. The Balaban J connectivity index is 1.41. The first-order chi connectivity index (χ1) is 16.5. The molecule has 0 bridgehead atoms. The van der Waals surface area contributed by atoms with Gasteiger partial charge in [-0.15, -0.1) is 0 Å². The number of methoxy groups -OCH3 is 1. The van der Waals surface area contributed by atoms with E-state index in [0.717, 1.165) is 42.2 Å². The van der Waals surface area contributed by atoms with Crippen molar-refractivity contribution in [3.05, 3.63) is 66.2 Å². The molecular formula is C26H30N2O5S. The first-order valence-electron chi connectivity index (χ1n) is 11.6. The van der Waals surface area contributed by atoms with Crippen molar-refractivity contribution >= 4 is 26.7 Å². The second kappa shape index (κ2) is 10.9. The first kappa shape index (κ1) is 24.0. The summed E-state index contributed by atoms with van der Waals surface area (Å²) in [5.74, 6) is 0.630. The zero-order valence-corrected chi connectivity index (χ0v) is 20.1. The maximum Gasteiger partial charge on any atom is 0.255 e. The molecule has 8 heteroatoms. The van der Waals surface area contributed by atoms with Crippen LogP contribution in [0.5, 0.6) is 11.5 Å². The van der Waals surface area contributed by atoms with Gasteiger partial charge in [-0.2, -0.15) is 4.31 Å². The number of benzene rings is 3. The van der Waals surface area contributed by atoms with E-state index >= 15 is 0 Å². The van der Waals surface area contributed by atoms with Gasteiger partial charge in [-0.25, -0.2) is 8.42 Å². The van der Waals surface area contributed by atoms with Crippen molar-refractivity contribution in [3.63, 3.8) is 0 Å². The average Bonchev–Trinajstić information content (AvgIpc) is 3.16. The van der Waals surface area contributed by atoms with Gasteiger partial charge in [0.25, 0.3) is 5.91 Å². The molecule has 1 aliphatic rings. The molecule has 0 saturated carbocycles. The van der Waals surface area contributed by atoms with Crippen LogP contribution >= 0.6 is 0 Å². The van der Waals surface area contributed by atoms with E-state index in [-0.39, 0.29) is 23.6 Å². The van der Waals surface area contributed by atoms with Crippen LogP contribution in [0.1, 0.15) is 36.0 Å². The van der Waals surface area contributed by atoms with E-state index in [0.29, 0.717) is 18.8 Å². The number of carbonyl (C=O) groups is 1. The lowest BCUT2D eigenvalue weighted by Gasteiger charge is -2.20. The van der Waals surface area contributed by atoms with Crippen LogP contribution in [0.15, 0.2) is 65.6 Å². The van der Waals surface area contributed by atoms with Gasteiger partial charge >= 0.3 is 0 Å². The smallest absolute Gasteiger partial charge is 0.255 e. The van der Waals surface area contributed by atoms with E-state index in [9.17, 15) is 13.2 Å². The molecule has 3 aromatic rings. The van der Waals surface area contributed by atoms with Gasteiger partial charge in [0.1, 0.15) is 18.1 Å². The predicted molar refractivity (Wildman–Crippen MR) is 132 cm³/mol. The topological polar surface area (TPSA) is 84.9 Å². The van der Waals surface area contributed by atoms with E-state index in [1.165, 1.54) is 29.6 Å². The van der Waals surface area contributed by atoms with Crippen LogP contribution in [0.25, 0.3) is 10.8 Å². The third kappa shape index (κ3) is 5.51. The van der Waals surface area contributed by atoms with E-state index in [4.69, 9.17) is 9.47 Å². The Morgan fingerprint density at radius 1 is 0.941 bits per heavy atom. The lowest BCUT2D eigenvalue weighted by atomic mass is 10.1. The minimum atomic E-state index is -3.67. The number of fused-ring (bicyclic) bond motifs is 1. The van der Waals surface area contributed by atoms with Crippen molar-refractivity contribution in [3.8, 4) is 11.5 Å². The van der Waals surface area contributed by atoms with Crippen molar-refractivity contribution in [1.29, 1.82) is 0 Å². The molecule has 1 aliphatic heterocycles. The quantitative estimate of drug-likeness (QED) is 0.486. The highest BCUT2D eigenvalue weighted by molar-refractivity contribution is 7.89. The normalized spacial score (nSPS) is 15.0. The van der Waals surface area contributed by atoms with Gasteiger partial charge in [0.15, 0.2) is 0 Å². The Morgan fingerprint density at radius 2 is 1.68 bits per heavy atom. The van der Waals surface area contributed by atoms with Crippen LogP contribution in [-0.4, -0.2) is 52.0 Å². The van der Waals surface area contributed by atoms with Gasteiger partial charge in [-0.05, 0) is 53.9 Å². The highest BCUT2D eigenvalue weighted by Gasteiger charge is 2.27. The van der Waals surface area contributed by atoms with Crippen molar-refractivity contribution in [1.82, 2.24) is 9.62 Å². The standard InChI is InChI=1S/C26H30N2O5S/c1-32-25-13-12-23(34(30,31)28-15-6-2-3-7-16-28)19-24(25)26(29)27-14-17-33-22-11-10-20-8-4-5-9-21(20)18-22/h4-5,8-13,18-19H,2-3,6-7,14-17H2,1H3,(H,27,29). The first-order valence-corrected chi connectivity index (χ1v) is 13.0. The second-order valence-electron chi connectivity index (χ2n) is 8.29. The largest absolute Gasteiger partial charge is 0.496 e. The maximum atomic E-state index is 13.2. The minimum Gasteiger partial charge on any atom is -0.496 e. The highest BCUT2D eigenvalue weighted by atomic mass is 32.2. The van der Waals surface area contributed by atoms with Crippen LogP contribution < -0.4 is 14.8 Å². The second-order valence-corrected chi connectivity index (χ2v) is 10.2. The number of rotatable bonds is 8. The Labute approximate surface area is 200 Å². The number of sulfonamides is 1. The molecule has 4 rings (SSSR count). The van der Waals surface area contributed by atoms with Gasteiger partial charge < -0.3 is 14.8 Å². The van der Waals surface area contributed by atoms with Crippen LogP contribution in [0.3, 0.4) is 0 Å². The van der Waals surface area contributed by atoms with Gasteiger partial charge in [0.05, 0.1) is 24.1 Å². The molecule has 0 radical (unpaired) electrons. The molecule has 1 saturated heterocycles. The van der Waals surface area contributed by atoms with Crippen molar-refractivity contribution < 1.29 is 22.7 Å². The molecule has 34 heavy (non-hydrogen) atoms. The van der Waals surface area contributed by atoms with E-state index in [2.05, 4.69) is 5.32 Å². The fourth-order valence-electron chi connectivity index (χ4n) is 4.14. The summed E-state index contributed by atoms with van der Waals surface area (Å²) >= 11 is 0. The highest BCUT2D eigenvalue weighted by Crippen LogP contribution is 2.26. The summed E-state index contributed by atoms with van der Waals surface area (Å²) in [5, 5.41) is 5.01. The summed E-state index contributed by atoms with van der Waals surface area (Å²) in [6, 6.07) is 18.3. The molecular weight excluding hydrogens is 452 g/mol. The number of ether oxygens (including phenoxy) is 2. The Kier molecular flexibility index (Phi) is 7.70. The fourth-order valence-corrected chi connectivity index (χ4v) is 5.69. The van der Waals surface area contributed by atoms with Gasteiger partial charge in [0.2, 0.25) is 10.0 Å². The summed E-state index contributed by atoms with van der Waals surface area (Å²) in [5.41, 5.74) is 0.184. The Bertz CT molecular complexity index is 1250. The van der Waals surface area contributed by atoms with Gasteiger partial charge in [-0.3, -0.25) is 4.79 Å². The monoisotopic (exact) mass is 482 g/mol. The molecule has 0 unspecified atom stereocenters. The molecule has 0 atom stereocenters. The lowest BCUT2D eigenvalue weighted by Crippen LogP contribution is -2.32. The number of hydrogen-bond acceptors (Lipinski definition) is 5. The summed E-state index contributed by atoms with van der Waals surface area (Å²) in [6.45, 7) is 1.54. The molecule has 0 aliphatic carbocycles. The van der Waals surface area contributed by atoms with Crippen LogP contribution in [0, 0.1) is 0 Å². The predicted octanol–water partition coefficient (Wildman–Crippen LogP) is 4.22. The lowest BCUT2D eigenvalue weighted by molar-refractivity contribution is 0.0943. The summed E-state index contributed by atoms with van der Waals surface area (Å²) in [4.78, 5) is 13.0. The molecule has 1 amide bonds. The third-order valence-electron chi connectivity index (χ3n) is 6.00. The fraction of sp³-hybridized carbons (Fsp3) is 0.346. The zero-order valence-electron chi connectivity index (χ0n) is 19.3. The molecule has 7 nitrogen and oxygen atoms in total. The molecule has 1 fully saturated rings. The summed E-state index contributed by atoms with van der Waals surface area (Å²) in [7, 11) is -2.22. The van der Waals surface area contributed by atoms with Crippen molar-refractivity contribution in [2.75, 3.05) is 33.4 Å². The maximum absolute atomic E-state index is 13.2. The number of hydrogen-bond donors (Lipinski definition) is 1. The van der Waals surface area contributed by atoms with E-state index in [1.54, 1.807) is 0 Å². The van der Waals surface area contributed by atoms with Crippen LogP contribution in [-0.2, 0) is 10.0 Å². The van der Waals surface area contributed by atoms with E-state index in [1.807, 2.05) is 42.5 Å². The minimum absolute atomic E-state index is 0.104. The Morgan fingerprint density at radius 3 is 2.41 bits per heavy atom. The molecule has 180 valence electrons. The number of nitrogens with zero attached hydrogens (tertiary/aromatic N) is 1. The van der Waals surface area contributed by atoms with Gasteiger partial charge in [0, 0.05) is 13.1 Å². The van der Waals surface area contributed by atoms with Crippen LogP contribution in [0.4, 0.5) is 0 Å². The molecule has 3 aromatic carbocycles. The van der Waals surface area contributed by atoms with Crippen LogP contribution in [0.2, 0.25) is 0 Å². The van der Waals surface area contributed by atoms with E-state index < -0.39 is 15.9 Å². The summed E-state index contributed by atoms with van der Waals surface area (Å²) < 4.78 is 38.9. The van der Waals surface area contributed by atoms with Crippen molar-refractivity contribution in [2.24, 2.45) is 0 Å². The number of carbonyl (C=O) groups excluding carboxylic acids is 1. The SMILES string of the molecule is COc1ccc(S(=O)(=O)N2CCCCCC2)cc1C(=O)NCCOc1ccc2ccccc2c1. The average molecular weight is 483 g/mol. The zero-order chi connectivity index (χ0) is 24.0.